The van der Waals surface area contributed by atoms with Crippen LogP contribution in [0.4, 0.5) is 14.5 Å². The van der Waals surface area contributed by atoms with Gasteiger partial charge in [-0.1, -0.05) is 13.8 Å². The van der Waals surface area contributed by atoms with Gasteiger partial charge < -0.3 is 10.4 Å². The molecule has 0 spiro atoms. The molecule has 4 nitrogen and oxygen atoms in total. The molecule has 0 atom stereocenters. The van der Waals surface area contributed by atoms with E-state index in [0.29, 0.717) is 6.07 Å². The Balaban J connectivity index is 2.67. The summed E-state index contributed by atoms with van der Waals surface area (Å²) in [5.41, 5.74) is -0.871. The van der Waals surface area contributed by atoms with E-state index in [2.05, 4.69) is 5.32 Å². The number of carbonyl (C=O) groups is 2. The highest BCUT2D eigenvalue weighted by Gasteiger charge is 2.25. The number of rotatable bonds is 5. The zero-order chi connectivity index (χ0) is 14.6. The second kappa shape index (κ2) is 5.77. The molecule has 0 fully saturated rings. The van der Waals surface area contributed by atoms with Crippen molar-refractivity contribution in [2.24, 2.45) is 5.41 Å². The zero-order valence-corrected chi connectivity index (χ0v) is 10.7. The van der Waals surface area contributed by atoms with Crippen molar-refractivity contribution < 1.29 is 23.5 Å². The first-order valence-corrected chi connectivity index (χ1v) is 5.66. The van der Waals surface area contributed by atoms with E-state index in [1.807, 2.05) is 0 Å². The minimum atomic E-state index is -1.01. The molecule has 0 aliphatic rings. The maximum Gasteiger partial charge on any atom is 0.303 e. The van der Waals surface area contributed by atoms with Crippen LogP contribution in [-0.2, 0) is 9.59 Å². The Morgan fingerprint density at radius 1 is 1.26 bits per heavy atom. The van der Waals surface area contributed by atoms with E-state index >= 15 is 0 Å². The van der Waals surface area contributed by atoms with Crippen molar-refractivity contribution in [2.75, 3.05) is 5.32 Å². The number of amides is 1. The van der Waals surface area contributed by atoms with Gasteiger partial charge in [0.15, 0.2) is 0 Å². The topological polar surface area (TPSA) is 66.4 Å². The van der Waals surface area contributed by atoms with Gasteiger partial charge in [-0.2, -0.15) is 0 Å². The lowest BCUT2D eigenvalue weighted by Crippen LogP contribution is -2.25. The normalized spacial score (nSPS) is 11.2. The van der Waals surface area contributed by atoms with Crippen molar-refractivity contribution >= 4 is 17.6 Å². The van der Waals surface area contributed by atoms with Gasteiger partial charge in [-0.25, -0.2) is 8.78 Å². The number of benzene rings is 1. The summed E-state index contributed by atoms with van der Waals surface area (Å²) in [5, 5.41) is 11.0. The number of hydrogen-bond acceptors (Lipinski definition) is 2. The van der Waals surface area contributed by atoms with Gasteiger partial charge in [0.2, 0.25) is 5.91 Å². The highest BCUT2D eigenvalue weighted by molar-refractivity contribution is 5.91. The fourth-order valence-corrected chi connectivity index (χ4v) is 1.69. The van der Waals surface area contributed by atoms with Gasteiger partial charge in [0.1, 0.15) is 11.6 Å². The Kier molecular flexibility index (Phi) is 4.58. The van der Waals surface area contributed by atoms with E-state index in [1.54, 1.807) is 13.8 Å². The summed E-state index contributed by atoms with van der Waals surface area (Å²) >= 11 is 0. The van der Waals surface area contributed by atoms with Crippen molar-refractivity contribution in [1.82, 2.24) is 0 Å². The Labute approximate surface area is 109 Å². The van der Waals surface area contributed by atoms with Crippen molar-refractivity contribution in [3.63, 3.8) is 0 Å². The van der Waals surface area contributed by atoms with Gasteiger partial charge in [-0.05, 0) is 17.5 Å². The van der Waals surface area contributed by atoms with E-state index in [1.165, 1.54) is 0 Å². The quantitative estimate of drug-likeness (QED) is 0.865. The van der Waals surface area contributed by atoms with E-state index in [9.17, 15) is 18.4 Å². The fourth-order valence-electron chi connectivity index (χ4n) is 1.69. The minimum Gasteiger partial charge on any atom is -0.481 e. The molecule has 19 heavy (non-hydrogen) atoms. The van der Waals surface area contributed by atoms with Crippen LogP contribution >= 0.6 is 0 Å². The van der Waals surface area contributed by atoms with Gasteiger partial charge in [-0.3, -0.25) is 9.59 Å². The smallest absolute Gasteiger partial charge is 0.303 e. The average molecular weight is 271 g/mol. The molecule has 104 valence electrons. The molecule has 0 aliphatic heterocycles. The van der Waals surface area contributed by atoms with E-state index < -0.39 is 28.9 Å². The lowest BCUT2D eigenvalue weighted by molar-refractivity contribution is -0.139. The first kappa shape index (κ1) is 15.1. The molecule has 2 N–H and O–H groups in total. The molecule has 1 aromatic rings. The van der Waals surface area contributed by atoms with Crippen LogP contribution in [0.3, 0.4) is 0 Å². The summed E-state index contributed by atoms with van der Waals surface area (Å²) in [6.45, 7) is 3.25. The Morgan fingerprint density at radius 3 is 2.42 bits per heavy atom. The fraction of sp³-hybridized carbons (Fsp3) is 0.385. The predicted octanol–water partition coefficient (Wildman–Crippen LogP) is 2.79. The molecule has 0 heterocycles. The Bertz CT molecular complexity index is 501. The van der Waals surface area contributed by atoms with Crippen molar-refractivity contribution in [2.45, 2.75) is 26.7 Å². The second-order valence-corrected chi connectivity index (χ2v) is 5.08. The third kappa shape index (κ3) is 5.03. The van der Waals surface area contributed by atoms with Crippen LogP contribution in [0.5, 0.6) is 0 Å². The first-order valence-electron chi connectivity index (χ1n) is 5.66. The number of halogens is 2. The van der Waals surface area contributed by atoms with Crippen LogP contribution in [0, 0.1) is 17.0 Å². The second-order valence-electron chi connectivity index (χ2n) is 5.08. The molecule has 0 aliphatic carbocycles. The Hall–Kier alpha value is -1.98. The van der Waals surface area contributed by atoms with E-state index in [4.69, 9.17) is 5.11 Å². The largest absolute Gasteiger partial charge is 0.481 e. The van der Waals surface area contributed by atoms with Gasteiger partial charge in [0.05, 0.1) is 12.1 Å². The van der Waals surface area contributed by atoms with Gasteiger partial charge in [0.25, 0.3) is 0 Å². The van der Waals surface area contributed by atoms with Crippen molar-refractivity contribution in [1.29, 1.82) is 0 Å². The molecular weight excluding hydrogens is 256 g/mol. The molecule has 0 bridgehead atoms. The molecule has 1 rings (SSSR count). The number of hydrogen-bond donors (Lipinski definition) is 2. The predicted molar refractivity (Wildman–Crippen MR) is 65.6 cm³/mol. The molecule has 1 amide bonds. The molecule has 0 unspecified atom stereocenters. The van der Waals surface area contributed by atoms with Crippen LogP contribution in [0.2, 0.25) is 0 Å². The zero-order valence-electron chi connectivity index (χ0n) is 10.7. The number of carboxylic acids is 1. The molecule has 1 aromatic carbocycles. The summed E-state index contributed by atoms with van der Waals surface area (Å²) in [5.74, 6) is -3.13. The van der Waals surface area contributed by atoms with E-state index in [-0.39, 0.29) is 18.5 Å². The average Bonchev–Trinajstić information content (AvgIpc) is 2.19. The highest BCUT2D eigenvalue weighted by atomic mass is 19.1. The first-order chi connectivity index (χ1) is 8.69. The number of anilines is 1. The molecule has 0 saturated heterocycles. The van der Waals surface area contributed by atoms with Crippen LogP contribution in [-0.4, -0.2) is 17.0 Å². The number of aliphatic carboxylic acids is 1. The van der Waals surface area contributed by atoms with E-state index in [0.717, 1.165) is 12.1 Å². The lowest BCUT2D eigenvalue weighted by Gasteiger charge is -2.21. The minimum absolute atomic E-state index is 0.0733. The summed E-state index contributed by atoms with van der Waals surface area (Å²) in [7, 11) is 0. The highest BCUT2D eigenvalue weighted by Crippen LogP contribution is 2.26. The SMILES string of the molecule is CC(C)(CC(=O)O)CC(=O)Nc1ccc(F)cc1F. The van der Waals surface area contributed by atoms with Crippen LogP contribution in [0.25, 0.3) is 0 Å². The number of carboxylic acid groups (broad SMARTS) is 1. The molecular formula is C13H15F2NO3. The number of nitrogens with one attached hydrogen (secondary N) is 1. The maximum absolute atomic E-state index is 13.3. The van der Waals surface area contributed by atoms with Gasteiger partial charge in [0, 0.05) is 12.5 Å². The standard InChI is InChI=1S/C13H15F2NO3/c1-13(2,7-12(18)19)6-11(17)16-10-4-3-8(14)5-9(10)15/h3-5H,6-7H2,1-2H3,(H,16,17)(H,18,19). The van der Waals surface area contributed by atoms with Gasteiger partial charge >= 0.3 is 5.97 Å². The summed E-state index contributed by atoms with van der Waals surface area (Å²) in [4.78, 5) is 22.3. The number of carbonyl (C=O) groups excluding carboxylic acids is 1. The Morgan fingerprint density at radius 2 is 1.89 bits per heavy atom. The summed E-state index contributed by atoms with van der Waals surface area (Å²) in [6, 6.07) is 2.81. The molecule has 0 radical (unpaired) electrons. The third-order valence-corrected chi connectivity index (χ3v) is 2.47. The van der Waals surface area contributed by atoms with Crippen molar-refractivity contribution in [3.05, 3.63) is 29.8 Å². The lowest BCUT2D eigenvalue weighted by atomic mass is 9.85. The molecule has 0 aromatic heterocycles. The van der Waals surface area contributed by atoms with Crippen LogP contribution in [0.15, 0.2) is 18.2 Å². The van der Waals surface area contributed by atoms with Gasteiger partial charge in [-0.15, -0.1) is 0 Å². The van der Waals surface area contributed by atoms with Crippen LogP contribution in [0.1, 0.15) is 26.7 Å². The summed E-state index contributed by atoms with van der Waals surface area (Å²) < 4.78 is 26.0. The maximum atomic E-state index is 13.3. The van der Waals surface area contributed by atoms with Crippen LogP contribution < -0.4 is 5.32 Å². The molecule has 0 saturated carbocycles. The summed E-state index contributed by atoms with van der Waals surface area (Å²) in [6.07, 6.45) is -0.248. The van der Waals surface area contributed by atoms with Crippen molar-refractivity contribution in [3.8, 4) is 0 Å². The monoisotopic (exact) mass is 271 g/mol. The molecule has 6 heteroatoms. The third-order valence-electron chi connectivity index (χ3n) is 2.47.